The van der Waals surface area contributed by atoms with Crippen molar-refractivity contribution in [2.45, 2.75) is 0 Å². The number of hydrazone groups is 1. The molecule has 0 unspecified atom stereocenters. The van der Waals surface area contributed by atoms with Crippen LogP contribution in [0, 0.1) is 0 Å². The van der Waals surface area contributed by atoms with Crippen LogP contribution in [-0.2, 0) is 0 Å². The Bertz CT molecular complexity index is 1270. The smallest absolute Gasteiger partial charge is 0.181 e. The molecule has 0 amide bonds. The van der Waals surface area contributed by atoms with Gasteiger partial charge in [-0.1, -0.05) is 91.0 Å². The molecule has 33 heavy (non-hydrogen) atoms. The molecule has 4 aromatic carbocycles. The average Bonchev–Trinajstić information content (AvgIpc) is 2.90. The molecular formula is C28H25N5. The zero-order valence-corrected chi connectivity index (χ0v) is 18.3. The van der Waals surface area contributed by atoms with Gasteiger partial charge in [0.1, 0.15) is 5.84 Å². The number of nitrogens with two attached hydrogens (primary N) is 1. The molecule has 4 aromatic rings. The van der Waals surface area contributed by atoms with Gasteiger partial charge >= 0.3 is 0 Å². The molecule has 162 valence electrons. The van der Waals surface area contributed by atoms with Crippen LogP contribution in [0.2, 0.25) is 0 Å². The summed E-state index contributed by atoms with van der Waals surface area (Å²) in [5.74, 6) is 1.02. The van der Waals surface area contributed by atoms with Crippen LogP contribution in [0.5, 0.6) is 0 Å². The van der Waals surface area contributed by atoms with Crippen LogP contribution in [0.1, 0.15) is 11.1 Å². The van der Waals surface area contributed by atoms with Crippen molar-refractivity contribution in [3.05, 3.63) is 126 Å². The van der Waals surface area contributed by atoms with Crippen LogP contribution < -0.4 is 15.6 Å². The number of fused-ring (bicyclic) bond motifs is 1. The fraction of sp³-hybridized carbons (Fsp3) is 0.0714. The summed E-state index contributed by atoms with van der Waals surface area (Å²) in [7, 11) is 0. The van der Waals surface area contributed by atoms with Crippen molar-refractivity contribution >= 4 is 28.7 Å². The summed E-state index contributed by atoms with van der Waals surface area (Å²) in [6.07, 6.45) is 0. The minimum atomic E-state index is 0.439. The fourth-order valence-corrected chi connectivity index (χ4v) is 3.96. The lowest BCUT2D eigenvalue weighted by Crippen LogP contribution is -2.36. The van der Waals surface area contributed by atoms with E-state index in [1.165, 1.54) is 5.69 Å². The Balaban J connectivity index is 1.56. The van der Waals surface area contributed by atoms with Crippen LogP contribution in [0.4, 0.5) is 17.1 Å². The van der Waals surface area contributed by atoms with Crippen molar-refractivity contribution in [2.24, 2.45) is 15.8 Å². The summed E-state index contributed by atoms with van der Waals surface area (Å²) in [4.78, 5) is 7.07. The third kappa shape index (κ3) is 4.48. The number of para-hydroxylation sites is 3. The molecule has 0 aromatic heterocycles. The summed E-state index contributed by atoms with van der Waals surface area (Å²) in [6.45, 7) is 1.54. The maximum Gasteiger partial charge on any atom is 0.181 e. The highest BCUT2D eigenvalue weighted by atomic mass is 15.5. The van der Waals surface area contributed by atoms with Gasteiger partial charge < -0.3 is 10.6 Å². The average molecular weight is 432 g/mol. The van der Waals surface area contributed by atoms with E-state index < -0.39 is 0 Å². The lowest BCUT2D eigenvalue weighted by atomic mass is 10.1. The maximum absolute atomic E-state index is 6.37. The van der Waals surface area contributed by atoms with Crippen molar-refractivity contribution in [1.82, 2.24) is 0 Å². The van der Waals surface area contributed by atoms with E-state index in [-0.39, 0.29) is 0 Å². The Labute approximate surface area is 194 Å². The fourth-order valence-electron chi connectivity index (χ4n) is 3.96. The Morgan fingerprint density at radius 3 is 1.82 bits per heavy atom. The molecule has 0 aliphatic carbocycles. The number of anilines is 3. The molecule has 1 aliphatic rings. The summed E-state index contributed by atoms with van der Waals surface area (Å²) in [5.41, 5.74) is 11.5. The van der Waals surface area contributed by atoms with Gasteiger partial charge in [0.25, 0.3) is 0 Å². The van der Waals surface area contributed by atoms with E-state index in [1.54, 1.807) is 0 Å². The van der Waals surface area contributed by atoms with Crippen LogP contribution in [0.15, 0.2) is 125 Å². The predicted octanol–water partition coefficient (Wildman–Crippen LogP) is 5.41. The van der Waals surface area contributed by atoms with Crippen molar-refractivity contribution in [3.8, 4) is 0 Å². The Kier molecular flexibility index (Phi) is 5.85. The first-order chi connectivity index (χ1) is 16.3. The highest BCUT2D eigenvalue weighted by Crippen LogP contribution is 2.37. The molecule has 0 atom stereocenters. The zero-order valence-electron chi connectivity index (χ0n) is 18.3. The molecule has 0 bridgehead atoms. The largest absolute Gasteiger partial charge is 0.383 e. The zero-order chi connectivity index (χ0) is 22.5. The number of rotatable bonds is 4. The lowest BCUT2D eigenvalue weighted by molar-refractivity contribution is 0.782. The van der Waals surface area contributed by atoms with E-state index in [1.807, 2.05) is 77.8 Å². The Morgan fingerprint density at radius 2 is 1.15 bits per heavy atom. The molecule has 5 nitrogen and oxygen atoms in total. The number of nitrogens with zero attached hydrogens (tertiary/aromatic N) is 4. The van der Waals surface area contributed by atoms with Crippen molar-refractivity contribution in [1.29, 1.82) is 0 Å². The summed E-state index contributed by atoms with van der Waals surface area (Å²) < 4.78 is 0. The maximum atomic E-state index is 6.37. The normalized spacial score (nSPS) is 14.2. The highest BCUT2D eigenvalue weighted by Gasteiger charge is 2.23. The van der Waals surface area contributed by atoms with E-state index >= 15 is 0 Å². The van der Waals surface area contributed by atoms with E-state index in [2.05, 4.69) is 47.4 Å². The third-order valence-electron chi connectivity index (χ3n) is 5.60. The van der Waals surface area contributed by atoms with Crippen LogP contribution in [0.25, 0.3) is 0 Å². The molecule has 5 rings (SSSR count). The van der Waals surface area contributed by atoms with Gasteiger partial charge in [-0.05, 0) is 24.3 Å². The first-order valence-corrected chi connectivity index (χ1v) is 11.0. The molecule has 1 heterocycles. The van der Waals surface area contributed by atoms with Crippen molar-refractivity contribution < 1.29 is 0 Å². The van der Waals surface area contributed by atoms with Crippen LogP contribution in [0.3, 0.4) is 0 Å². The van der Waals surface area contributed by atoms with Gasteiger partial charge in [-0.25, -0.2) is 4.99 Å². The second-order valence-electron chi connectivity index (χ2n) is 7.75. The summed E-state index contributed by atoms with van der Waals surface area (Å²) in [5, 5.41) is 7.02. The topological polar surface area (TPSA) is 57.2 Å². The number of aliphatic imine (C=N–C) groups is 1. The minimum absolute atomic E-state index is 0.439. The van der Waals surface area contributed by atoms with Crippen molar-refractivity contribution in [2.75, 3.05) is 23.0 Å². The van der Waals surface area contributed by atoms with Crippen molar-refractivity contribution in [3.63, 3.8) is 0 Å². The monoisotopic (exact) mass is 431 g/mol. The molecular weight excluding hydrogens is 406 g/mol. The molecule has 0 spiro atoms. The predicted molar refractivity (Wildman–Crippen MR) is 137 cm³/mol. The van der Waals surface area contributed by atoms with E-state index in [4.69, 9.17) is 15.8 Å². The number of hydrogen-bond acceptors (Lipinski definition) is 3. The molecule has 0 saturated carbocycles. The Hall–Kier alpha value is -4.38. The standard InChI is InChI=1S/C28H25N5/c29-27(22-12-4-1-5-13-22)30-28(23-14-6-2-7-15-23)31-33-21-20-32(24-16-8-3-9-17-24)25-18-10-11-19-26(25)33/h1-19H,20-21H2,(H2,29,30,31). The van der Waals surface area contributed by atoms with Crippen LogP contribution >= 0.6 is 0 Å². The quantitative estimate of drug-likeness (QED) is 0.347. The minimum Gasteiger partial charge on any atom is -0.383 e. The van der Waals surface area contributed by atoms with Crippen LogP contribution in [-0.4, -0.2) is 24.8 Å². The molecule has 0 radical (unpaired) electrons. The number of benzene rings is 4. The molecule has 0 fully saturated rings. The van der Waals surface area contributed by atoms with Gasteiger partial charge in [-0.2, -0.15) is 5.10 Å². The highest BCUT2D eigenvalue weighted by molar-refractivity contribution is 6.11. The lowest BCUT2D eigenvalue weighted by Gasteiger charge is -2.36. The van der Waals surface area contributed by atoms with Gasteiger partial charge in [-0.15, -0.1) is 0 Å². The SMILES string of the molecule is NC(=N/C(=N\N1CCN(c2ccccc2)c2ccccc21)c1ccccc1)c1ccccc1. The van der Waals surface area contributed by atoms with E-state index in [9.17, 15) is 0 Å². The molecule has 2 N–H and O–H groups in total. The second-order valence-corrected chi connectivity index (χ2v) is 7.75. The first-order valence-electron chi connectivity index (χ1n) is 11.0. The molecule has 1 aliphatic heterocycles. The molecule has 5 heteroatoms. The Morgan fingerprint density at radius 1 is 0.606 bits per heavy atom. The van der Waals surface area contributed by atoms with E-state index in [0.717, 1.165) is 35.6 Å². The number of hydrogen-bond donors (Lipinski definition) is 1. The molecule has 0 saturated heterocycles. The van der Waals surface area contributed by atoms with Gasteiger partial charge in [0.05, 0.1) is 17.9 Å². The van der Waals surface area contributed by atoms with Gasteiger partial charge in [-0.3, -0.25) is 5.01 Å². The van der Waals surface area contributed by atoms with Gasteiger partial charge in [0.15, 0.2) is 5.84 Å². The van der Waals surface area contributed by atoms with Gasteiger partial charge in [0, 0.05) is 23.4 Å². The number of amidine groups is 2. The second kappa shape index (κ2) is 9.40. The van der Waals surface area contributed by atoms with E-state index in [0.29, 0.717) is 11.7 Å². The third-order valence-corrected chi connectivity index (χ3v) is 5.60. The van der Waals surface area contributed by atoms with Gasteiger partial charge in [0.2, 0.25) is 0 Å². The first kappa shape index (κ1) is 20.5. The summed E-state index contributed by atoms with van der Waals surface area (Å²) >= 11 is 0. The summed E-state index contributed by atoms with van der Waals surface area (Å²) in [6, 6.07) is 38.5.